The summed E-state index contributed by atoms with van der Waals surface area (Å²) in [4.78, 5) is 37.9. The molecule has 0 amide bonds. The van der Waals surface area contributed by atoms with Crippen molar-refractivity contribution in [3.05, 3.63) is 97.2 Å². The molecular weight excluding hydrogens is 793 g/mol. The van der Waals surface area contributed by atoms with Gasteiger partial charge in [0, 0.05) is 19.3 Å². The third kappa shape index (κ3) is 49.3. The highest BCUT2D eigenvalue weighted by molar-refractivity contribution is 5.71. The standard InChI is InChI=1S/C58H96O6/c1-4-7-10-13-16-19-22-24-26-28-29-30-32-33-36-39-42-45-48-51-57(60)63-54-55(53-62-56(59)50-47-44-41-38-35-21-18-15-12-9-6-3)64-58(61)52-49-46-43-40-37-34-31-27-25-23-20-17-14-11-8-5-2/h7-8,10-11,16-17,19-20,24-27,34,37,43,46,55H,4-6,9,12-15,18,21-23,28-33,35-36,38-42,44-45,47-54H2,1-3H3/b10-7-,11-8-,19-16-,20-17-,26-24-,27-25-,37-34-,46-43-. The van der Waals surface area contributed by atoms with Crippen LogP contribution >= 0.6 is 0 Å². The maximum Gasteiger partial charge on any atom is 0.306 e. The molecule has 0 saturated heterocycles. The summed E-state index contributed by atoms with van der Waals surface area (Å²) in [5, 5.41) is 0. The van der Waals surface area contributed by atoms with E-state index in [1.54, 1.807) is 0 Å². The lowest BCUT2D eigenvalue weighted by atomic mass is 10.1. The molecule has 0 aliphatic carbocycles. The van der Waals surface area contributed by atoms with E-state index in [9.17, 15) is 14.4 Å². The molecule has 0 heterocycles. The fourth-order valence-corrected chi connectivity index (χ4v) is 6.98. The molecule has 0 aliphatic rings. The molecule has 0 rings (SSSR count). The van der Waals surface area contributed by atoms with Crippen LogP contribution in [0.15, 0.2) is 97.2 Å². The summed E-state index contributed by atoms with van der Waals surface area (Å²) in [7, 11) is 0. The Morgan fingerprint density at radius 2 is 0.641 bits per heavy atom. The summed E-state index contributed by atoms with van der Waals surface area (Å²) in [6.07, 6.45) is 68.3. The minimum Gasteiger partial charge on any atom is -0.462 e. The monoisotopic (exact) mass is 889 g/mol. The number of ether oxygens (including phenoxy) is 3. The number of allylic oxidation sites excluding steroid dienone is 16. The number of carbonyl (C=O) groups is 3. The predicted molar refractivity (Wildman–Crippen MR) is 274 cm³/mol. The van der Waals surface area contributed by atoms with Crippen molar-refractivity contribution >= 4 is 17.9 Å². The number of hydrogen-bond acceptors (Lipinski definition) is 6. The normalized spacial score (nSPS) is 12.9. The zero-order valence-electron chi connectivity index (χ0n) is 41.5. The first-order valence-corrected chi connectivity index (χ1v) is 26.2. The van der Waals surface area contributed by atoms with Gasteiger partial charge in [-0.2, -0.15) is 0 Å². The molecule has 0 aromatic heterocycles. The van der Waals surface area contributed by atoms with Crippen molar-refractivity contribution in [2.24, 2.45) is 0 Å². The molecule has 0 aromatic rings. The van der Waals surface area contributed by atoms with Gasteiger partial charge in [-0.25, -0.2) is 0 Å². The molecular formula is C58H96O6. The zero-order chi connectivity index (χ0) is 46.5. The SMILES string of the molecule is CC/C=C\C/C=C\C/C=C\C/C=C\C/C=C\CCC(=O)OC(COC(=O)CCCCCCCCCCC/C=C\C/C=C\C/C=C\CC)COC(=O)CCCCCCCCCCCCC. The van der Waals surface area contributed by atoms with Gasteiger partial charge in [-0.3, -0.25) is 14.4 Å². The number of rotatable bonds is 46. The first kappa shape index (κ1) is 60.3. The molecule has 0 fully saturated rings. The lowest BCUT2D eigenvalue weighted by Gasteiger charge is -2.18. The highest BCUT2D eigenvalue weighted by Gasteiger charge is 2.19. The molecule has 6 heteroatoms. The van der Waals surface area contributed by atoms with E-state index in [1.807, 2.05) is 12.2 Å². The quantitative estimate of drug-likeness (QED) is 0.0262. The molecule has 1 unspecified atom stereocenters. The summed E-state index contributed by atoms with van der Waals surface area (Å²) in [6.45, 7) is 6.34. The van der Waals surface area contributed by atoms with E-state index in [1.165, 1.54) is 96.3 Å². The van der Waals surface area contributed by atoms with Crippen molar-refractivity contribution in [1.29, 1.82) is 0 Å². The highest BCUT2D eigenvalue weighted by atomic mass is 16.6. The predicted octanol–water partition coefficient (Wildman–Crippen LogP) is 17.4. The number of carbonyl (C=O) groups excluding carboxylic acids is 3. The minimum atomic E-state index is -0.817. The third-order valence-corrected chi connectivity index (χ3v) is 10.8. The van der Waals surface area contributed by atoms with Crippen LogP contribution in [0.1, 0.15) is 233 Å². The van der Waals surface area contributed by atoms with Gasteiger partial charge in [0.05, 0.1) is 0 Å². The number of esters is 3. The Morgan fingerprint density at radius 1 is 0.328 bits per heavy atom. The Kier molecular flexibility index (Phi) is 49.0. The molecule has 0 aromatic carbocycles. The average Bonchev–Trinajstić information content (AvgIpc) is 3.29. The number of unbranched alkanes of at least 4 members (excludes halogenated alkanes) is 19. The van der Waals surface area contributed by atoms with Crippen molar-refractivity contribution in [1.82, 2.24) is 0 Å². The molecule has 0 bridgehead atoms. The van der Waals surface area contributed by atoms with Crippen molar-refractivity contribution in [3.63, 3.8) is 0 Å². The van der Waals surface area contributed by atoms with Gasteiger partial charge >= 0.3 is 17.9 Å². The summed E-state index contributed by atoms with van der Waals surface area (Å²) in [6, 6.07) is 0. The van der Waals surface area contributed by atoms with Gasteiger partial charge in [-0.15, -0.1) is 0 Å². The summed E-state index contributed by atoms with van der Waals surface area (Å²) >= 11 is 0. The Morgan fingerprint density at radius 3 is 1.02 bits per heavy atom. The van der Waals surface area contributed by atoms with Crippen LogP contribution < -0.4 is 0 Å². The Bertz CT molecular complexity index is 1300. The second-order valence-electron chi connectivity index (χ2n) is 17.0. The molecule has 364 valence electrons. The topological polar surface area (TPSA) is 78.9 Å². The van der Waals surface area contributed by atoms with E-state index < -0.39 is 12.1 Å². The van der Waals surface area contributed by atoms with Crippen LogP contribution in [0, 0.1) is 0 Å². The van der Waals surface area contributed by atoms with Crippen LogP contribution in [-0.4, -0.2) is 37.2 Å². The fourth-order valence-electron chi connectivity index (χ4n) is 6.98. The van der Waals surface area contributed by atoms with Gasteiger partial charge in [0.1, 0.15) is 13.2 Å². The number of hydrogen-bond donors (Lipinski definition) is 0. The highest BCUT2D eigenvalue weighted by Crippen LogP contribution is 2.14. The Balaban J connectivity index is 4.46. The molecule has 0 N–H and O–H groups in total. The molecule has 64 heavy (non-hydrogen) atoms. The van der Waals surface area contributed by atoms with E-state index in [0.717, 1.165) is 89.9 Å². The maximum atomic E-state index is 12.8. The van der Waals surface area contributed by atoms with E-state index in [-0.39, 0.29) is 31.6 Å². The summed E-state index contributed by atoms with van der Waals surface area (Å²) in [5.74, 6) is -0.999. The first-order valence-electron chi connectivity index (χ1n) is 26.2. The average molecular weight is 889 g/mol. The van der Waals surface area contributed by atoms with E-state index in [2.05, 4.69) is 106 Å². The van der Waals surface area contributed by atoms with Gasteiger partial charge in [0.25, 0.3) is 0 Å². The lowest BCUT2D eigenvalue weighted by Crippen LogP contribution is -2.30. The van der Waals surface area contributed by atoms with Crippen molar-refractivity contribution in [3.8, 4) is 0 Å². The largest absolute Gasteiger partial charge is 0.462 e. The zero-order valence-corrected chi connectivity index (χ0v) is 41.5. The Hall–Kier alpha value is -3.67. The van der Waals surface area contributed by atoms with Crippen molar-refractivity contribution in [2.75, 3.05) is 13.2 Å². The third-order valence-electron chi connectivity index (χ3n) is 10.8. The summed E-state index contributed by atoms with van der Waals surface area (Å²) in [5.41, 5.74) is 0. The van der Waals surface area contributed by atoms with Gasteiger partial charge in [0.2, 0.25) is 0 Å². The Labute approximate surface area is 394 Å². The fraction of sp³-hybridized carbons (Fsp3) is 0.672. The van der Waals surface area contributed by atoms with Gasteiger partial charge in [-0.1, -0.05) is 227 Å². The van der Waals surface area contributed by atoms with Crippen LogP contribution in [0.25, 0.3) is 0 Å². The molecule has 0 aliphatic heterocycles. The van der Waals surface area contributed by atoms with Crippen LogP contribution in [0.3, 0.4) is 0 Å². The maximum absolute atomic E-state index is 12.8. The molecule has 6 nitrogen and oxygen atoms in total. The summed E-state index contributed by atoms with van der Waals surface area (Å²) < 4.78 is 16.7. The van der Waals surface area contributed by atoms with Crippen LogP contribution in [-0.2, 0) is 28.6 Å². The van der Waals surface area contributed by atoms with Crippen LogP contribution in [0.5, 0.6) is 0 Å². The smallest absolute Gasteiger partial charge is 0.306 e. The molecule has 0 radical (unpaired) electrons. The first-order chi connectivity index (χ1) is 31.5. The van der Waals surface area contributed by atoms with E-state index in [0.29, 0.717) is 19.3 Å². The van der Waals surface area contributed by atoms with Crippen LogP contribution in [0.4, 0.5) is 0 Å². The molecule has 1 atom stereocenters. The van der Waals surface area contributed by atoms with Gasteiger partial charge < -0.3 is 14.2 Å². The van der Waals surface area contributed by atoms with Crippen molar-refractivity contribution in [2.45, 2.75) is 239 Å². The molecule has 0 saturated carbocycles. The second kappa shape index (κ2) is 52.0. The van der Waals surface area contributed by atoms with Crippen LogP contribution in [0.2, 0.25) is 0 Å². The van der Waals surface area contributed by atoms with Gasteiger partial charge in [-0.05, 0) is 83.5 Å². The van der Waals surface area contributed by atoms with E-state index >= 15 is 0 Å². The minimum absolute atomic E-state index is 0.108. The second-order valence-corrected chi connectivity index (χ2v) is 17.0. The lowest BCUT2D eigenvalue weighted by molar-refractivity contribution is -0.166. The van der Waals surface area contributed by atoms with Crippen molar-refractivity contribution < 1.29 is 28.6 Å². The molecule has 0 spiro atoms. The van der Waals surface area contributed by atoms with Gasteiger partial charge in [0.15, 0.2) is 6.10 Å². The van der Waals surface area contributed by atoms with E-state index in [4.69, 9.17) is 14.2 Å².